The third kappa shape index (κ3) is 6.60. The minimum Gasteiger partial charge on any atom is -0.493 e. The largest absolute Gasteiger partial charge is 0.493 e. The van der Waals surface area contributed by atoms with E-state index in [0.717, 1.165) is 44.1 Å². The van der Waals surface area contributed by atoms with E-state index in [1.54, 1.807) is 14.2 Å². The maximum atomic E-state index is 12.6. The SMILES string of the molecule is CCCCC(CCCC)N(Cc1ccc(OC)c(OC)c1)C(=O)CC. The van der Waals surface area contributed by atoms with Gasteiger partial charge in [-0.3, -0.25) is 4.79 Å². The number of ether oxygens (including phenoxy) is 2. The summed E-state index contributed by atoms with van der Waals surface area (Å²) in [7, 11) is 3.28. The number of benzene rings is 1. The van der Waals surface area contributed by atoms with E-state index in [1.807, 2.05) is 25.1 Å². The smallest absolute Gasteiger partial charge is 0.222 e. The quantitative estimate of drug-likeness (QED) is 0.521. The molecule has 0 atom stereocenters. The van der Waals surface area contributed by atoms with Crippen LogP contribution >= 0.6 is 0 Å². The summed E-state index contributed by atoms with van der Waals surface area (Å²) >= 11 is 0. The molecule has 0 radical (unpaired) electrons. The van der Waals surface area contributed by atoms with Gasteiger partial charge >= 0.3 is 0 Å². The number of rotatable bonds is 12. The van der Waals surface area contributed by atoms with Crippen LogP contribution in [0.15, 0.2) is 18.2 Å². The molecule has 0 fully saturated rings. The van der Waals surface area contributed by atoms with Gasteiger partial charge in [0.05, 0.1) is 14.2 Å². The molecular formula is C21H35NO3. The van der Waals surface area contributed by atoms with Crippen LogP contribution in [0.25, 0.3) is 0 Å². The van der Waals surface area contributed by atoms with Gasteiger partial charge in [-0.05, 0) is 30.5 Å². The molecule has 1 amide bonds. The lowest BCUT2D eigenvalue weighted by Gasteiger charge is -2.32. The molecule has 25 heavy (non-hydrogen) atoms. The van der Waals surface area contributed by atoms with Gasteiger partial charge in [-0.1, -0.05) is 52.5 Å². The van der Waals surface area contributed by atoms with Crippen molar-refractivity contribution in [1.29, 1.82) is 0 Å². The first-order chi connectivity index (χ1) is 12.1. The van der Waals surface area contributed by atoms with E-state index in [1.165, 1.54) is 0 Å². The van der Waals surface area contributed by atoms with Crippen LogP contribution in [-0.4, -0.2) is 31.1 Å². The normalized spacial score (nSPS) is 10.8. The van der Waals surface area contributed by atoms with Gasteiger partial charge < -0.3 is 14.4 Å². The van der Waals surface area contributed by atoms with Crippen LogP contribution in [0.4, 0.5) is 0 Å². The molecule has 1 aromatic carbocycles. The van der Waals surface area contributed by atoms with Crippen LogP contribution in [0.3, 0.4) is 0 Å². The Kier molecular flexibility index (Phi) is 10.0. The summed E-state index contributed by atoms with van der Waals surface area (Å²) < 4.78 is 10.7. The van der Waals surface area contributed by atoms with E-state index in [9.17, 15) is 4.79 Å². The summed E-state index contributed by atoms with van der Waals surface area (Å²) in [5, 5.41) is 0. The maximum Gasteiger partial charge on any atom is 0.222 e. The van der Waals surface area contributed by atoms with Gasteiger partial charge in [0.1, 0.15) is 0 Å². The lowest BCUT2D eigenvalue weighted by Crippen LogP contribution is -2.39. The van der Waals surface area contributed by atoms with Crippen LogP contribution in [0.1, 0.15) is 71.3 Å². The molecule has 1 aromatic rings. The Hall–Kier alpha value is -1.71. The molecule has 0 N–H and O–H groups in total. The van der Waals surface area contributed by atoms with Crippen LogP contribution in [0.5, 0.6) is 11.5 Å². The molecule has 0 aromatic heterocycles. The fourth-order valence-corrected chi connectivity index (χ4v) is 3.14. The van der Waals surface area contributed by atoms with Gasteiger partial charge in [0, 0.05) is 19.0 Å². The van der Waals surface area contributed by atoms with Crippen molar-refractivity contribution in [3.63, 3.8) is 0 Å². The summed E-state index contributed by atoms with van der Waals surface area (Å²) in [5.41, 5.74) is 1.08. The lowest BCUT2D eigenvalue weighted by atomic mass is 10.0. The Bertz CT molecular complexity index is 508. The van der Waals surface area contributed by atoms with Crippen molar-refractivity contribution in [3.05, 3.63) is 23.8 Å². The molecule has 0 unspecified atom stereocenters. The molecule has 4 heteroatoms. The number of amides is 1. The highest BCUT2D eigenvalue weighted by Crippen LogP contribution is 2.29. The zero-order valence-electron chi connectivity index (χ0n) is 16.6. The predicted octanol–water partition coefficient (Wildman–Crippen LogP) is 5.19. The van der Waals surface area contributed by atoms with Crippen molar-refractivity contribution in [1.82, 2.24) is 4.90 Å². The lowest BCUT2D eigenvalue weighted by molar-refractivity contribution is -0.134. The minimum atomic E-state index is 0.229. The Morgan fingerprint density at radius 2 is 1.60 bits per heavy atom. The molecule has 0 spiro atoms. The maximum absolute atomic E-state index is 12.6. The highest BCUT2D eigenvalue weighted by molar-refractivity contribution is 5.76. The molecule has 0 aliphatic heterocycles. The van der Waals surface area contributed by atoms with Crippen molar-refractivity contribution < 1.29 is 14.3 Å². The standard InChI is InChI=1S/C21H35NO3/c1-6-9-11-18(12-10-7-2)22(21(23)8-3)16-17-13-14-19(24-4)20(15-17)25-5/h13-15,18H,6-12,16H2,1-5H3. The van der Waals surface area contributed by atoms with Crippen LogP contribution < -0.4 is 9.47 Å². The van der Waals surface area contributed by atoms with Gasteiger partial charge in [-0.2, -0.15) is 0 Å². The fraction of sp³-hybridized carbons (Fsp3) is 0.667. The van der Waals surface area contributed by atoms with Crippen LogP contribution in [0.2, 0.25) is 0 Å². The van der Waals surface area contributed by atoms with Crippen molar-refractivity contribution >= 4 is 5.91 Å². The first-order valence-electron chi connectivity index (χ1n) is 9.61. The second kappa shape index (κ2) is 11.8. The average Bonchev–Trinajstić information content (AvgIpc) is 2.65. The number of carbonyl (C=O) groups excluding carboxylic acids is 1. The Balaban J connectivity index is 3.01. The summed E-state index contributed by atoms with van der Waals surface area (Å²) in [6, 6.07) is 6.23. The summed E-state index contributed by atoms with van der Waals surface area (Å²) in [4.78, 5) is 14.7. The summed E-state index contributed by atoms with van der Waals surface area (Å²) in [6.07, 6.45) is 7.34. The molecule has 0 saturated carbocycles. The van der Waals surface area contributed by atoms with E-state index >= 15 is 0 Å². The molecular weight excluding hydrogens is 314 g/mol. The van der Waals surface area contributed by atoms with E-state index in [2.05, 4.69) is 18.7 Å². The number of hydrogen-bond donors (Lipinski definition) is 0. The molecule has 0 bridgehead atoms. The van der Waals surface area contributed by atoms with E-state index in [0.29, 0.717) is 30.5 Å². The van der Waals surface area contributed by atoms with Crippen LogP contribution in [0, 0.1) is 0 Å². The van der Waals surface area contributed by atoms with E-state index in [4.69, 9.17) is 9.47 Å². The predicted molar refractivity (Wildman–Crippen MR) is 103 cm³/mol. The molecule has 1 rings (SSSR count). The number of hydrogen-bond acceptors (Lipinski definition) is 3. The monoisotopic (exact) mass is 349 g/mol. The summed E-state index contributed by atoms with van der Waals surface area (Å²) in [5.74, 6) is 1.66. The molecule has 0 saturated heterocycles. The number of nitrogens with zero attached hydrogens (tertiary/aromatic N) is 1. The van der Waals surface area contributed by atoms with E-state index < -0.39 is 0 Å². The number of unbranched alkanes of at least 4 members (excludes halogenated alkanes) is 2. The molecule has 142 valence electrons. The summed E-state index contributed by atoms with van der Waals surface area (Å²) in [6.45, 7) is 6.99. The first-order valence-corrected chi connectivity index (χ1v) is 9.61. The topological polar surface area (TPSA) is 38.8 Å². The van der Waals surface area contributed by atoms with Gasteiger partial charge in [0.2, 0.25) is 5.91 Å². The van der Waals surface area contributed by atoms with E-state index in [-0.39, 0.29) is 5.91 Å². The average molecular weight is 350 g/mol. The van der Waals surface area contributed by atoms with Crippen molar-refractivity contribution in [3.8, 4) is 11.5 Å². The zero-order chi connectivity index (χ0) is 18.7. The third-order valence-corrected chi connectivity index (χ3v) is 4.65. The highest BCUT2D eigenvalue weighted by Gasteiger charge is 2.22. The zero-order valence-corrected chi connectivity index (χ0v) is 16.6. The molecule has 4 nitrogen and oxygen atoms in total. The van der Waals surface area contributed by atoms with Gasteiger partial charge in [-0.15, -0.1) is 0 Å². The second-order valence-electron chi connectivity index (χ2n) is 6.50. The van der Waals surface area contributed by atoms with Crippen molar-refractivity contribution in [2.75, 3.05) is 14.2 Å². The fourth-order valence-electron chi connectivity index (χ4n) is 3.14. The molecule has 0 heterocycles. The number of methoxy groups -OCH3 is 2. The minimum absolute atomic E-state index is 0.229. The first kappa shape index (κ1) is 21.3. The van der Waals surface area contributed by atoms with Gasteiger partial charge in [-0.25, -0.2) is 0 Å². The molecule has 0 aliphatic rings. The van der Waals surface area contributed by atoms with Gasteiger partial charge in [0.15, 0.2) is 11.5 Å². The Morgan fingerprint density at radius 3 is 2.08 bits per heavy atom. The molecule has 0 aliphatic carbocycles. The third-order valence-electron chi connectivity index (χ3n) is 4.65. The second-order valence-corrected chi connectivity index (χ2v) is 6.50. The number of carbonyl (C=O) groups is 1. The highest BCUT2D eigenvalue weighted by atomic mass is 16.5. The van der Waals surface area contributed by atoms with Crippen LogP contribution in [-0.2, 0) is 11.3 Å². The van der Waals surface area contributed by atoms with Gasteiger partial charge in [0.25, 0.3) is 0 Å². The Morgan fingerprint density at radius 1 is 1.00 bits per heavy atom. The van der Waals surface area contributed by atoms with Crippen molar-refractivity contribution in [2.45, 2.75) is 78.3 Å². The van der Waals surface area contributed by atoms with Crippen molar-refractivity contribution in [2.24, 2.45) is 0 Å². The Labute approximate surface area is 153 Å².